The van der Waals surface area contributed by atoms with Crippen LogP contribution in [0.3, 0.4) is 0 Å². The molecular weight excluding hydrogens is 297 g/mol. The highest BCUT2D eigenvalue weighted by molar-refractivity contribution is 5.96. The molecule has 0 bridgehead atoms. The number of benzene rings is 2. The first-order valence-corrected chi connectivity index (χ1v) is 7.12. The SMILES string of the molecule is CC.O=C(O)c1ccc(C(=O)N/C=C/c2cccc(F)c2)cc1. The van der Waals surface area contributed by atoms with Crippen LogP contribution in [0.1, 0.15) is 40.1 Å². The van der Waals surface area contributed by atoms with Crippen LogP contribution in [-0.2, 0) is 0 Å². The number of amides is 1. The highest BCUT2D eigenvalue weighted by Gasteiger charge is 2.06. The normalized spacial score (nSPS) is 9.87. The molecule has 0 aromatic heterocycles. The van der Waals surface area contributed by atoms with Crippen molar-refractivity contribution in [2.45, 2.75) is 13.8 Å². The third-order valence-electron chi connectivity index (χ3n) is 2.73. The van der Waals surface area contributed by atoms with Crippen LogP contribution in [0.25, 0.3) is 6.08 Å². The molecule has 2 N–H and O–H groups in total. The highest BCUT2D eigenvalue weighted by atomic mass is 19.1. The van der Waals surface area contributed by atoms with Crippen LogP contribution in [0.2, 0.25) is 0 Å². The van der Waals surface area contributed by atoms with E-state index in [0.29, 0.717) is 11.1 Å². The van der Waals surface area contributed by atoms with Crippen molar-refractivity contribution in [1.29, 1.82) is 0 Å². The van der Waals surface area contributed by atoms with Gasteiger partial charge in [-0.3, -0.25) is 4.79 Å². The van der Waals surface area contributed by atoms with Crippen LogP contribution in [-0.4, -0.2) is 17.0 Å². The molecule has 0 aliphatic carbocycles. The fourth-order valence-corrected chi connectivity index (χ4v) is 1.67. The van der Waals surface area contributed by atoms with E-state index in [1.165, 1.54) is 42.6 Å². The van der Waals surface area contributed by atoms with E-state index >= 15 is 0 Å². The Bertz CT molecular complexity index is 694. The second kappa shape index (κ2) is 9.15. The van der Waals surface area contributed by atoms with Crippen LogP contribution in [0.4, 0.5) is 4.39 Å². The van der Waals surface area contributed by atoms with Crippen molar-refractivity contribution >= 4 is 18.0 Å². The van der Waals surface area contributed by atoms with Crippen molar-refractivity contribution in [2.75, 3.05) is 0 Å². The van der Waals surface area contributed by atoms with Gasteiger partial charge in [-0.2, -0.15) is 0 Å². The van der Waals surface area contributed by atoms with E-state index in [9.17, 15) is 14.0 Å². The van der Waals surface area contributed by atoms with Gasteiger partial charge in [0.15, 0.2) is 0 Å². The molecule has 0 fully saturated rings. The third kappa shape index (κ3) is 5.74. The minimum atomic E-state index is -1.05. The smallest absolute Gasteiger partial charge is 0.335 e. The largest absolute Gasteiger partial charge is 0.478 e. The summed E-state index contributed by atoms with van der Waals surface area (Å²) in [7, 11) is 0. The van der Waals surface area contributed by atoms with Gasteiger partial charge in [-0.15, -0.1) is 0 Å². The molecule has 1 amide bonds. The number of carboxylic acids is 1. The molecule has 0 heterocycles. The Balaban J connectivity index is 0.00000127. The van der Waals surface area contributed by atoms with E-state index in [4.69, 9.17) is 5.11 Å². The molecule has 23 heavy (non-hydrogen) atoms. The standard InChI is InChI=1S/C16H12FNO3.C2H6/c17-14-3-1-2-11(10-14)8-9-18-15(19)12-4-6-13(7-5-12)16(20)21;1-2/h1-10H,(H,18,19)(H,20,21);1-2H3/b9-8+;. The molecule has 0 unspecified atom stereocenters. The fraction of sp³-hybridized carbons (Fsp3) is 0.111. The number of halogens is 1. The predicted molar refractivity (Wildman–Crippen MR) is 87.6 cm³/mol. The Morgan fingerprint density at radius 3 is 2.22 bits per heavy atom. The lowest BCUT2D eigenvalue weighted by atomic mass is 10.1. The van der Waals surface area contributed by atoms with E-state index in [-0.39, 0.29) is 17.3 Å². The summed E-state index contributed by atoms with van der Waals surface area (Å²) >= 11 is 0. The van der Waals surface area contributed by atoms with Crippen molar-refractivity contribution in [3.05, 3.63) is 77.2 Å². The summed E-state index contributed by atoms with van der Waals surface area (Å²) in [6.07, 6.45) is 2.97. The van der Waals surface area contributed by atoms with Gasteiger partial charge in [0.25, 0.3) is 5.91 Å². The summed E-state index contributed by atoms with van der Waals surface area (Å²) in [5, 5.41) is 11.3. The van der Waals surface area contributed by atoms with Gasteiger partial charge in [-0.05, 0) is 48.0 Å². The Hall–Kier alpha value is -2.95. The molecule has 0 radical (unpaired) electrons. The molecule has 0 saturated carbocycles. The van der Waals surface area contributed by atoms with E-state index in [2.05, 4.69) is 5.32 Å². The van der Waals surface area contributed by atoms with Gasteiger partial charge in [-0.1, -0.05) is 26.0 Å². The first-order chi connectivity index (χ1) is 11.1. The molecule has 2 rings (SSSR count). The van der Waals surface area contributed by atoms with E-state index in [1.807, 2.05) is 13.8 Å². The van der Waals surface area contributed by atoms with Gasteiger partial charge in [-0.25, -0.2) is 9.18 Å². The van der Waals surface area contributed by atoms with Gasteiger partial charge in [0.1, 0.15) is 5.82 Å². The van der Waals surface area contributed by atoms with Crippen molar-refractivity contribution < 1.29 is 19.1 Å². The molecular formula is C18H18FNO3. The van der Waals surface area contributed by atoms with E-state index < -0.39 is 5.97 Å². The molecule has 120 valence electrons. The number of carbonyl (C=O) groups is 2. The summed E-state index contributed by atoms with van der Waals surface area (Å²) in [5.41, 5.74) is 1.07. The maximum Gasteiger partial charge on any atom is 0.335 e. The van der Waals surface area contributed by atoms with Crippen molar-refractivity contribution in [3.63, 3.8) is 0 Å². The average molecular weight is 315 g/mol. The number of rotatable bonds is 4. The van der Waals surface area contributed by atoms with Gasteiger partial charge >= 0.3 is 5.97 Å². The predicted octanol–water partition coefficient (Wildman–Crippen LogP) is 3.95. The van der Waals surface area contributed by atoms with Crippen LogP contribution in [0.15, 0.2) is 54.7 Å². The van der Waals surface area contributed by atoms with Crippen molar-refractivity contribution in [3.8, 4) is 0 Å². The van der Waals surface area contributed by atoms with E-state index in [0.717, 1.165) is 0 Å². The number of aromatic carboxylic acids is 1. The minimum Gasteiger partial charge on any atom is -0.478 e. The molecule has 0 aliphatic heterocycles. The average Bonchev–Trinajstić information content (AvgIpc) is 2.57. The van der Waals surface area contributed by atoms with Gasteiger partial charge < -0.3 is 10.4 Å². The zero-order valence-electron chi connectivity index (χ0n) is 12.9. The van der Waals surface area contributed by atoms with Gasteiger partial charge in [0.2, 0.25) is 0 Å². The summed E-state index contributed by atoms with van der Waals surface area (Å²) in [6, 6.07) is 11.5. The van der Waals surface area contributed by atoms with Crippen LogP contribution >= 0.6 is 0 Å². The second-order valence-corrected chi connectivity index (χ2v) is 4.24. The third-order valence-corrected chi connectivity index (χ3v) is 2.73. The van der Waals surface area contributed by atoms with Crippen molar-refractivity contribution in [2.24, 2.45) is 0 Å². The van der Waals surface area contributed by atoms with Crippen LogP contribution in [0, 0.1) is 5.82 Å². The molecule has 0 spiro atoms. The second-order valence-electron chi connectivity index (χ2n) is 4.24. The number of hydrogen-bond acceptors (Lipinski definition) is 2. The monoisotopic (exact) mass is 315 g/mol. The number of nitrogens with one attached hydrogen (secondary N) is 1. The highest BCUT2D eigenvalue weighted by Crippen LogP contribution is 2.06. The Labute approximate surface area is 134 Å². The lowest BCUT2D eigenvalue weighted by Gasteiger charge is -2.01. The topological polar surface area (TPSA) is 66.4 Å². The Morgan fingerprint density at radius 1 is 1.04 bits per heavy atom. The van der Waals surface area contributed by atoms with Crippen molar-refractivity contribution in [1.82, 2.24) is 5.32 Å². The Kier molecular flexibility index (Phi) is 7.20. The maximum absolute atomic E-state index is 13.0. The van der Waals surface area contributed by atoms with Gasteiger partial charge in [0, 0.05) is 11.8 Å². The van der Waals surface area contributed by atoms with Crippen LogP contribution < -0.4 is 5.32 Å². The zero-order chi connectivity index (χ0) is 17.2. The van der Waals surface area contributed by atoms with Crippen LogP contribution in [0.5, 0.6) is 0 Å². The van der Waals surface area contributed by atoms with E-state index in [1.54, 1.807) is 18.2 Å². The fourth-order valence-electron chi connectivity index (χ4n) is 1.67. The zero-order valence-corrected chi connectivity index (χ0v) is 12.9. The first kappa shape index (κ1) is 18.1. The number of carbonyl (C=O) groups excluding carboxylic acids is 1. The molecule has 0 saturated heterocycles. The Morgan fingerprint density at radius 2 is 1.65 bits per heavy atom. The lowest BCUT2D eigenvalue weighted by molar-refractivity contribution is 0.0696. The number of hydrogen-bond donors (Lipinski definition) is 2. The lowest BCUT2D eigenvalue weighted by Crippen LogP contribution is -2.16. The molecule has 4 nitrogen and oxygen atoms in total. The maximum atomic E-state index is 13.0. The quantitative estimate of drug-likeness (QED) is 0.897. The molecule has 2 aromatic rings. The minimum absolute atomic E-state index is 0.113. The summed E-state index contributed by atoms with van der Waals surface area (Å²) in [4.78, 5) is 22.5. The van der Waals surface area contributed by atoms with Gasteiger partial charge in [0.05, 0.1) is 5.56 Å². The molecule has 0 atom stereocenters. The molecule has 0 aliphatic rings. The number of carboxylic acid groups (broad SMARTS) is 1. The summed E-state index contributed by atoms with van der Waals surface area (Å²) in [5.74, 6) is -1.78. The molecule has 5 heteroatoms. The first-order valence-electron chi connectivity index (χ1n) is 7.12. The summed E-state index contributed by atoms with van der Waals surface area (Å²) in [6.45, 7) is 4.00. The molecule has 2 aromatic carbocycles. The summed E-state index contributed by atoms with van der Waals surface area (Å²) < 4.78 is 13.0.